The Morgan fingerprint density at radius 3 is 2.62 bits per heavy atom. The Labute approximate surface area is 118 Å². The molecule has 2 aromatic rings. The summed E-state index contributed by atoms with van der Waals surface area (Å²) in [6.07, 6.45) is -4.63. The molecular formula is C13H10F3N5. The molecule has 0 amide bonds. The highest BCUT2D eigenvalue weighted by molar-refractivity contribution is 5.67. The third-order valence-electron chi connectivity index (χ3n) is 2.68. The predicted molar refractivity (Wildman–Crippen MR) is 70.6 cm³/mol. The van der Waals surface area contributed by atoms with Crippen LogP contribution in [0.4, 0.5) is 30.6 Å². The summed E-state index contributed by atoms with van der Waals surface area (Å²) in [7, 11) is 0. The predicted octanol–water partition coefficient (Wildman–Crippen LogP) is 3.00. The summed E-state index contributed by atoms with van der Waals surface area (Å²) in [5, 5.41) is 11.8. The first-order valence-corrected chi connectivity index (χ1v) is 5.80. The first-order valence-electron chi connectivity index (χ1n) is 5.80. The molecule has 0 fully saturated rings. The molecule has 1 aromatic heterocycles. The van der Waals surface area contributed by atoms with Gasteiger partial charge in [-0.25, -0.2) is 4.98 Å². The van der Waals surface area contributed by atoms with Crippen molar-refractivity contribution < 1.29 is 13.2 Å². The van der Waals surface area contributed by atoms with Crippen LogP contribution in [-0.2, 0) is 6.18 Å². The van der Waals surface area contributed by atoms with Gasteiger partial charge in [-0.05, 0) is 18.6 Å². The number of anilines is 3. The molecule has 3 N–H and O–H groups in total. The Kier molecular flexibility index (Phi) is 3.67. The molecule has 0 aliphatic rings. The van der Waals surface area contributed by atoms with E-state index < -0.39 is 17.8 Å². The molecule has 8 heteroatoms. The third kappa shape index (κ3) is 3.20. The molecule has 1 heterocycles. The van der Waals surface area contributed by atoms with Crippen LogP contribution < -0.4 is 11.1 Å². The van der Waals surface area contributed by atoms with Crippen molar-refractivity contribution in [3.8, 4) is 6.07 Å². The number of alkyl halides is 3. The van der Waals surface area contributed by atoms with Crippen LogP contribution in [0.2, 0.25) is 0 Å². The van der Waals surface area contributed by atoms with Gasteiger partial charge in [-0.1, -0.05) is 12.1 Å². The van der Waals surface area contributed by atoms with Crippen LogP contribution in [0, 0.1) is 18.3 Å². The molecule has 0 spiro atoms. The number of benzene rings is 1. The van der Waals surface area contributed by atoms with E-state index >= 15 is 0 Å². The van der Waals surface area contributed by atoms with Crippen LogP contribution in [0.3, 0.4) is 0 Å². The highest BCUT2D eigenvalue weighted by Gasteiger charge is 2.33. The molecule has 0 atom stereocenters. The smallest absolute Gasteiger partial charge is 0.368 e. The lowest BCUT2D eigenvalue weighted by molar-refractivity contribution is -0.141. The van der Waals surface area contributed by atoms with Crippen LogP contribution in [0.15, 0.2) is 24.3 Å². The van der Waals surface area contributed by atoms with Crippen LogP contribution in [0.5, 0.6) is 0 Å². The fourth-order valence-corrected chi connectivity index (χ4v) is 1.73. The lowest BCUT2D eigenvalue weighted by Crippen LogP contribution is -2.12. The number of nitrogen functional groups attached to an aromatic ring is 1. The maximum atomic E-state index is 12.7. The zero-order valence-electron chi connectivity index (χ0n) is 10.9. The molecule has 0 saturated heterocycles. The Hall–Kier alpha value is -2.82. The van der Waals surface area contributed by atoms with Crippen molar-refractivity contribution in [2.45, 2.75) is 13.1 Å². The maximum Gasteiger partial charge on any atom is 0.433 e. The van der Waals surface area contributed by atoms with Crippen LogP contribution in [0.1, 0.15) is 16.8 Å². The lowest BCUT2D eigenvalue weighted by Gasteiger charge is -2.12. The minimum atomic E-state index is -4.63. The number of nitrogens with one attached hydrogen (secondary N) is 1. The third-order valence-corrected chi connectivity index (χ3v) is 2.68. The molecule has 0 unspecified atom stereocenters. The Morgan fingerprint density at radius 2 is 2.00 bits per heavy atom. The summed E-state index contributed by atoms with van der Waals surface area (Å²) >= 11 is 0. The number of rotatable bonds is 2. The summed E-state index contributed by atoms with van der Waals surface area (Å²) < 4.78 is 38.0. The normalized spacial score (nSPS) is 11.0. The van der Waals surface area contributed by atoms with Gasteiger partial charge in [0.25, 0.3) is 0 Å². The summed E-state index contributed by atoms with van der Waals surface area (Å²) in [6, 6.07) is 7.68. The summed E-state index contributed by atoms with van der Waals surface area (Å²) in [4.78, 5) is 6.84. The maximum absolute atomic E-state index is 12.7. The van der Waals surface area contributed by atoms with Crippen molar-refractivity contribution in [2.24, 2.45) is 0 Å². The van der Waals surface area contributed by atoms with Crippen molar-refractivity contribution in [1.29, 1.82) is 5.26 Å². The van der Waals surface area contributed by atoms with E-state index in [1.165, 1.54) is 0 Å². The molecule has 108 valence electrons. The van der Waals surface area contributed by atoms with Gasteiger partial charge in [0.15, 0.2) is 5.69 Å². The number of aryl methyl sites for hydroxylation is 1. The van der Waals surface area contributed by atoms with Crippen LogP contribution in [0.25, 0.3) is 0 Å². The molecule has 1 aromatic carbocycles. The molecule has 0 aliphatic carbocycles. The quantitative estimate of drug-likeness (QED) is 0.888. The van der Waals surface area contributed by atoms with Gasteiger partial charge in [-0.2, -0.15) is 23.4 Å². The Morgan fingerprint density at radius 1 is 1.29 bits per heavy atom. The largest absolute Gasteiger partial charge is 0.433 e. The van der Waals surface area contributed by atoms with Crippen molar-refractivity contribution >= 4 is 17.5 Å². The molecule has 0 bridgehead atoms. The SMILES string of the molecule is Cc1cccc(Nc2cc(C(F)(F)F)nc(N)n2)c1C#N. The van der Waals surface area contributed by atoms with Gasteiger partial charge in [-0.15, -0.1) is 0 Å². The fourth-order valence-electron chi connectivity index (χ4n) is 1.73. The van der Waals surface area contributed by atoms with E-state index in [2.05, 4.69) is 15.3 Å². The number of nitriles is 1. The van der Waals surface area contributed by atoms with E-state index in [0.717, 1.165) is 6.07 Å². The van der Waals surface area contributed by atoms with E-state index in [4.69, 9.17) is 11.0 Å². The van der Waals surface area contributed by atoms with E-state index in [9.17, 15) is 13.2 Å². The highest BCUT2D eigenvalue weighted by atomic mass is 19.4. The number of hydrogen-bond donors (Lipinski definition) is 2. The van der Waals surface area contributed by atoms with E-state index in [0.29, 0.717) is 16.8 Å². The van der Waals surface area contributed by atoms with E-state index in [1.807, 2.05) is 6.07 Å². The second-order valence-electron chi connectivity index (χ2n) is 4.23. The fraction of sp³-hybridized carbons (Fsp3) is 0.154. The Balaban J connectivity index is 2.44. The Bertz CT molecular complexity index is 719. The second-order valence-corrected chi connectivity index (χ2v) is 4.23. The highest BCUT2D eigenvalue weighted by Crippen LogP contribution is 2.30. The van der Waals surface area contributed by atoms with Gasteiger partial charge < -0.3 is 11.1 Å². The summed E-state index contributed by atoms with van der Waals surface area (Å²) in [5.74, 6) is -0.629. The standard InChI is InChI=1S/C13H10F3N5/c1-7-3-2-4-9(8(7)6-17)19-11-5-10(13(14,15)16)20-12(18)21-11/h2-5H,1H3,(H3,18,19,20,21). The number of halogens is 3. The minimum Gasteiger partial charge on any atom is -0.368 e. The van der Waals surface area contributed by atoms with Gasteiger partial charge in [0.1, 0.15) is 11.9 Å². The van der Waals surface area contributed by atoms with Gasteiger partial charge in [0.2, 0.25) is 5.95 Å². The zero-order chi connectivity index (χ0) is 15.6. The first kappa shape index (κ1) is 14.6. The van der Waals surface area contributed by atoms with Gasteiger partial charge >= 0.3 is 6.18 Å². The monoisotopic (exact) mass is 293 g/mol. The van der Waals surface area contributed by atoms with E-state index in [-0.39, 0.29) is 5.82 Å². The van der Waals surface area contributed by atoms with Crippen molar-refractivity contribution in [2.75, 3.05) is 11.1 Å². The molecular weight excluding hydrogens is 283 g/mol. The molecule has 21 heavy (non-hydrogen) atoms. The molecule has 0 radical (unpaired) electrons. The van der Waals surface area contributed by atoms with E-state index in [1.54, 1.807) is 25.1 Å². The number of aromatic nitrogens is 2. The molecule has 0 aliphatic heterocycles. The number of nitrogens with two attached hydrogens (primary N) is 1. The first-order chi connectivity index (χ1) is 9.81. The average molecular weight is 293 g/mol. The molecule has 2 rings (SSSR count). The zero-order valence-corrected chi connectivity index (χ0v) is 10.9. The molecule has 5 nitrogen and oxygen atoms in total. The minimum absolute atomic E-state index is 0.128. The van der Waals surface area contributed by atoms with Gasteiger partial charge in [0.05, 0.1) is 11.3 Å². The van der Waals surface area contributed by atoms with Gasteiger partial charge in [0, 0.05) is 6.07 Å². The van der Waals surface area contributed by atoms with Crippen molar-refractivity contribution in [3.05, 3.63) is 41.1 Å². The summed E-state index contributed by atoms with van der Waals surface area (Å²) in [6.45, 7) is 1.72. The second kappa shape index (κ2) is 5.28. The lowest BCUT2D eigenvalue weighted by atomic mass is 10.1. The summed E-state index contributed by atoms with van der Waals surface area (Å²) in [5.41, 5.74) is 5.50. The van der Waals surface area contributed by atoms with Crippen LogP contribution >= 0.6 is 0 Å². The van der Waals surface area contributed by atoms with Crippen molar-refractivity contribution in [3.63, 3.8) is 0 Å². The molecule has 0 saturated carbocycles. The topological polar surface area (TPSA) is 87.6 Å². The van der Waals surface area contributed by atoms with Gasteiger partial charge in [-0.3, -0.25) is 0 Å². The average Bonchev–Trinajstić information content (AvgIpc) is 2.37. The number of nitrogens with zero attached hydrogens (tertiary/aromatic N) is 3. The number of hydrogen-bond acceptors (Lipinski definition) is 5. The van der Waals surface area contributed by atoms with Crippen molar-refractivity contribution in [1.82, 2.24) is 9.97 Å². The van der Waals surface area contributed by atoms with Crippen LogP contribution in [-0.4, -0.2) is 9.97 Å².